The summed E-state index contributed by atoms with van der Waals surface area (Å²) in [5, 5.41) is 0. The van der Waals surface area contributed by atoms with Gasteiger partial charge < -0.3 is 4.90 Å². The fourth-order valence-electron chi connectivity index (χ4n) is 2.36. The van der Waals surface area contributed by atoms with Crippen molar-refractivity contribution in [2.75, 3.05) is 13.1 Å². The highest BCUT2D eigenvalue weighted by Crippen LogP contribution is 2.17. The van der Waals surface area contributed by atoms with Crippen molar-refractivity contribution in [3.05, 3.63) is 35.4 Å². The molecule has 1 saturated heterocycles. The molecule has 4 heteroatoms. The molecule has 0 bridgehead atoms. The SMILES string of the molecule is CC1CCCN(C(=O)Cc2ccc(F)cc2F)C1. The smallest absolute Gasteiger partial charge is 0.227 e. The maximum absolute atomic E-state index is 13.4. The molecular formula is C14H17F2NO. The zero-order valence-electron chi connectivity index (χ0n) is 10.5. The summed E-state index contributed by atoms with van der Waals surface area (Å²) < 4.78 is 26.2. The van der Waals surface area contributed by atoms with Crippen LogP contribution >= 0.6 is 0 Å². The molecule has 1 aromatic rings. The number of benzene rings is 1. The molecule has 1 aromatic carbocycles. The van der Waals surface area contributed by atoms with Crippen LogP contribution in [0.1, 0.15) is 25.3 Å². The molecule has 1 aliphatic heterocycles. The first-order valence-electron chi connectivity index (χ1n) is 6.28. The van der Waals surface area contributed by atoms with Gasteiger partial charge in [0.1, 0.15) is 11.6 Å². The van der Waals surface area contributed by atoms with E-state index < -0.39 is 11.6 Å². The van der Waals surface area contributed by atoms with Gasteiger partial charge in [-0.15, -0.1) is 0 Å². The van der Waals surface area contributed by atoms with Gasteiger partial charge in [-0.25, -0.2) is 8.78 Å². The van der Waals surface area contributed by atoms with Crippen LogP contribution in [-0.2, 0) is 11.2 Å². The van der Waals surface area contributed by atoms with Gasteiger partial charge in [0.25, 0.3) is 0 Å². The zero-order valence-corrected chi connectivity index (χ0v) is 10.5. The normalized spacial score (nSPS) is 19.9. The standard InChI is InChI=1S/C14H17F2NO/c1-10-3-2-6-17(9-10)14(18)7-11-4-5-12(15)8-13(11)16/h4-5,8,10H,2-3,6-7,9H2,1H3. The van der Waals surface area contributed by atoms with Crippen LogP contribution in [0.15, 0.2) is 18.2 Å². The van der Waals surface area contributed by atoms with Crippen molar-refractivity contribution in [2.45, 2.75) is 26.2 Å². The number of hydrogen-bond donors (Lipinski definition) is 0. The summed E-state index contributed by atoms with van der Waals surface area (Å²) in [6.45, 7) is 3.59. The molecular weight excluding hydrogens is 236 g/mol. The Labute approximate surface area is 106 Å². The summed E-state index contributed by atoms with van der Waals surface area (Å²) in [5.74, 6) is -0.837. The van der Waals surface area contributed by atoms with Crippen LogP contribution < -0.4 is 0 Å². The minimum Gasteiger partial charge on any atom is -0.342 e. The third-order valence-corrected chi connectivity index (χ3v) is 3.37. The van der Waals surface area contributed by atoms with E-state index in [1.807, 2.05) is 0 Å². The number of rotatable bonds is 2. The number of nitrogens with zero attached hydrogens (tertiary/aromatic N) is 1. The van der Waals surface area contributed by atoms with E-state index in [1.165, 1.54) is 12.1 Å². The third-order valence-electron chi connectivity index (χ3n) is 3.37. The molecule has 0 saturated carbocycles. The lowest BCUT2D eigenvalue weighted by Gasteiger charge is -2.31. The monoisotopic (exact) mass is 253 g/mol. The molecule has 1 heterocycles. The second-order valence-electron chi connectivity index (χ2n) is 5.00. The van der Waals surface area contributed by atoms with Gasteiger partial charge in [-0.05, 0) is 30.4 Å². The molecule has 0 N–H and O–H groups in total. The van der Waals surface area contributed by atoms with Crippen LogP contribution in [0.2, 0.25) is 0 Å². The number of amides is 1. The van der Waals surface area contributed by atoms with Crippen LogP contribution in [0.4, 0.5) is 8.78 Å². The Morgan fingerprint density at radius 1 is 1.44 bits per heavy atom. The topological polar surface area (TPSA) is 20.3 Å². The van der Waals surface area contributed by atoms with Crippen molar-refractivity contribution in [1.29, 1.82) is 0 Å². The van der Waals surface area contributed by atoms with Gasteiger partial charge in [-0.1, -0.05) is 13.0 Å². The first-order valence-corrected chi connectivity index (χ1v) is 6.28. The summed E-state index contributed by atoms with van der Waals surface area (Å²) >= 11 is 0. The van der Waals surface area contributed by atoms with Crippen LogP contribution in [0, 0.1) is 17.6 Å². The van der Waals surface area contributed by atoms with Crippen LogP contribution in [0.3, 0.4) is 0 Å². The highest BCUT2D eigenvalue weighted by atomic mass is 19.1. The molecule has 18 heavy (non-hydrogen) atoms. The van der Waals surface area contributed by atoms with E-state index in [4.69, 9.17) is 0 Å². The first kappa shape index (κ1) is 13.0. The Balaban J connectivity index is 2.02. The minimum absolute atomic E-state index is 0.0127. The fourth-order valence-corrected chi connectivity index (χ4v) is 2.36. The molecule has 0 spiro atoms. The number of halogens is 2. The van der Waals surface area contributed by atoms with Gasteiger partial charge in [0, 0.05) is 19.2 Å². The van der Waals surface area contributed by atoms with E-state index in [1.54, 1.807) is 4.90 Å². The lowest BCUT2D eigenvalue weighted by atomic mass is 9.99. The molecule has 98 valence electrons. The van der Waals surface area contributed by atoms with Crippen molar-refractivity contribution in [2.24, 2.45) is 5.92 Å². The van der Waals surface area contributed by atoms with Gasteiger partial charge >= 0.3 is 0 Å². The first-order chi connectivity index (χ1) is 8.56. The summed E-state index contributed by atoms with van der Waals surface area (Å²) in [5.41, 5.74) is 0.264. The number of hydrogen-bond acceptors (Lipinski definition) is 1. The zero-order chi connectivity index (χ0) is 13.1. The summed E-state index contributed by atoms with van der Waals surface area (Å²) in [6.07, 6.45) is 2.15. The molecule has 2 nitrogen and oxygen atoms in total. The molecule has 1 atom stereocenters. The Morgan fingerprint density at radius 3 is 2.89 bits per heavy atom. The number of carbonyl (C=O) groups is 1. The Hall–Kier alpha value is -1.45. The second kappa shape index (κ2) is 5.46. The van der Waals surface area contributed by atoms with E-state index in [-0.39, 0.29) is 17.9 Å². The Morgan fingerprint density at radius 2 is 2.22 bits per heavy atom. The lowest BCUT2D eigenvalue weighted by molar-refractivity contribution is -0.132. The van der Waals surface area contributed by atoms with E-state index in [0.29, 0.717) is 5.92 Å². The second-order valence-corrected chi connectivity index (χ2v) is 5.00. The molecule has 1 fully saturated rings. The highest BCUT2D eigenvalue weighted by Gasteiger charge is 2.21. The maximum Gasteiger partial charge on any atom is 0.227 e. The molecule has 1 unspecified atom stereocenters. The molecule has 0 aliphatic carbocycles. The Bertz CT molecular complexity index is 447. The molecule has 2 rings (SSSR count). The third kappa shape index (κ3) is 3.06. The summed E-state index contributed by atoms with van der Waals surface area (Å²) in [4.78, 5) is 13.8. The van der Waals surface area contributed by atoms with Crippen LogP contribution in [0.5, 0.6) is 0 Å². The summed E-state index contributed by atoms with van der Waals surface area (Å²) in [7, 11) is 0. The van der Waals surface area contributed by atoms with Gasteiger partial charge in [0.15, 0.2) is 0 Å². The van der Waals surface area contributed by atoms with Crippen molar-refractivity contribution >= 4 is 5.91 Å². The minimum atomic E-state index is -0.645. The predicted molar refractivity (Wildman–Crippen MR) is 65.0 cm³/mol. The van der Waals surface area contributed by atoms with Gasteiger partial charge in [-0.2, -0.15) is 0 Å². The van der Waals surface area contributed by atoms with Crippen LogP contribution in [-0.4, -0.2) is 23.9 Å². The van der Waals surface area contributed by atoms with E-state index in [9.17, 15) is 13.6 Å². The number of piperidine rings is 1. The average molecular weight is 253 g/mol. The van der Waals surface area contributed by atoms with Crippen molar-refractivity contribution in [3.63, 3.8) is 0 Å². The van der Waals surface area contributed by atoms with Gasteiger partial charge in [0.2, 0.25) is 5.91 Å². The fraction of sp³-hybridized carbons (Fsp3) is 0.500. The van der Waals surface area contributed by atoms with Crippen LogP contribution in [0.25, 0.3) is 0 Å². The quantitative estimate of drug-likeness (QED) is 0.793. The van der Waals surface area contributed by atoms with Gasteiger partial charge in [0.05, 0.1) is 6.42 Å². The molecule has 0 aromatic heterocycles. The van der Waals surface area contributed by atoms with Crippen molar-refractivity contribution < 1.29 is 13.6 Å². The summed E-state index contributed by atoms with van der Waals surface area (Å²) in [6, 6.07) is 3.35. The van der Waals surface area contributed by atoms with E-state index >= 15 is 0 Å². The Kier molecular flexibility index (Phi) is 3.94. The maximum atomic E-state index is 13.4. The molecule has 1 aliphatic rings. The molecule has 0 radical (unpaired) electrons. The number of carbonyl (C=O) groups excluding carboxylic acids is 1. The van der Waals surface area contributed by atoms with Gasteiger partial charge in [-0.3, -0.25) is 4.79 Å². The number of likely N-dealkylation sites (tertiary alicyclic amines) is 1. The van der Waals surface area contributed by atoms with Crippen molar-refractivity contribution in [1.82, 2.24) is 4.90 Å². The van der Waals surface area contributed by atoms with Crippen molar-refractivity contribution in [3.8, 4) is 0 Å². The molecule has 1 amide bonds. The lowest BCUT2D eigenvalue weighted by Crippen LogP contribution is -2.40. The predicted octanol–water partition coefficient (Wildman–Crippen LogP) is 2.77. The average Bonchev–Trinajstić information content (AvgIpc) is 2.32. The largest absolute Gasteiger partial charge is 0.342 e. The van der Waals surface area contributed by atoms with E-state index in [0.717, 1.165) is 32.0 Å². The van der Waals surface area contributed by atoms with E-state index in [2.05, 4.69) is 6.92 Å². The highest BCUT2D eigenvalue weighted by molar-refractivity contribution is 5.78.